The summed E-state index contributed by atoms with van der Waals surface area (Å²) in [5.41, 5.74) is 1.01. The van der Waals surface area contributed by atoms with Gasteiger partial charge in [-0.05, 0) is 33.8 Å². The van der Waals surface area contributed by atoms with Crippen molar-refractivity contribution in [2.75, 3.05) is 6.54 Å². The van der Waals surface area contributed by atoms with E-state index in [1.54, 1.807) is 11.8 Å². The number of aryl methyl sites for hydroxylation is 2. The Labute approximate surface area is 113 Å². The molecule has 1 aliphatic rings. The zero-order chi connectivity index (χ0) is 14.2. The monoisotopic (exact) mass is 264 g/mol. The number of rotatable bonds is 2. The van der Waals surface area contributed by atoms with Gasteiger partial charge in [-0.1, -0.05) is 0 Å². The minimum absolute atomic E-state index is 0.0448. The summed E-state index contributed by atoms with van der Waals surface area (Å²) in [4.78, 5) is 25.6. The number of hydrogen-bond acceptors (Lipinski definition) is 3. The van der Waals surface area contributed by atoms with Gasteiger partial charge in [-0.3, -0.25) is 9.59 Å². The van der Waals surface area contributed by atoms with Crippen LogP contribution in [0, 0.1) is 13.8 Å². The molecule has 1 aromatic heterocycles. The highest BCUT2D eigenvalue weighted by Gasteiger charge is 2.31. The number of amides is 2. The van der Waals surface area contributed by atoms with Gasteiger partial charge in [0.25, 0.3) is 0 Å². The van der Waals surface area contributed by atoms with Crippen LogP contribution in [0.2, 0.25) is 0 Å². The molecular weight excluding hydrogens is 244 g/mol. The Morgan fingerprint density at radius 3 is 2.68 bits per heavy atom. The van der Waals surface area contributed by atoms with Crippen molar-refractivity contribution in [2.24, 2.45) is 0 Å². The minimum Gasteiger partial charge on any atom is -0.466 e. The van der Waals surface area contributed by atoms with Gasteiger partial charge in [0, 0.05) is 18.5 Å². The maximum absolute atomic E-state index is 12.3. The molecule has 1 fully saturated rings. The fourth-order valence-electron chi connectivity index (χ4n) is 2.57. The molecule has 104 valence electrons. The van der Waals surface area contributed by atoms with E-state index in [1.165, 1.54) is 0 Å². The molecule has 2 unspecified atom stereocenters. The third kappa shape index (κ3) is 2.64. The maximum atomic E-state index is 12.3. The number of hydrogen-bond donors (Lipinski definition) is 1. The lowest BCUT2D eigenvalue weighted by Gasteiger charge is -2.28. The average molecular weight is 264 g/mol. The van der Waals surface area contributed by atoms with Crippen LogP contribution >= 0.6 is 0 Å². The lowest BCUT2D eigenvalue weighted by Crippen LogP contribution is -2.43. The molecule has 0 saturated carbocycles. The Bertz CT molecular complexity index is 507. The highest BCUT2D eigenvalue weighted by molar-refractivity contribution is 5.89. The van der Waals surface area contributed by atoms with E-state index in [9.17, 15) is 9.59 Å². The molecule has 5 heteroatoms. The molecule has 0 spiro atoms. The van der Waals surface area contributed by atoms with E-state index in [4.69, 9.17) is 4.42 Å². The highest BCUT2D eigenvalue weighted by atomic mass is 16.3. The molecule has 19 heavy (non-hydrogen) atoms. The van der Waals surface area contributed by atoms with Gasteiger partial charge < -0.3 is 14.6 Å². The van der Waals surface area contributed by atoms with E-state index >= 15 is 0 Å². The zero-order valence-electron chi connectivity index (χ0n) is 11.8. The lowest BCUT2D eigenvalue weighted by molar-refractivity contribution is -0.134. The van der Waals surface area contributed by atoms with Crippen LogP contribution in [0.4, 0.5) is 0 Å². The molecular formula is C14H20N2O3. The first-order valence-electron chi connectivity index (χ1n) is 6.57. The van der Waals surface area contributed by atoms with Crippen LogP contribution in [0.3, 0.4) is 0 Å². The fourth-order valence-corrected chi connectivity index (χ4v) is 2.57. The predicted octanol–water partition coefficient (Wildman–Crippen LogP) is 1.69. The zero-order valence-corrected chi connectivity index (χ0v) is 11.8. The van der Waals surface area contributed by atoms with Gasteiger partial charge in [-0.15, -0.1) is 0 Å². The quantitative estimate of drug-likeness (QED) is 0.884. The standard InChI is InChI=1S/C14H20N2O3/c1-8-7-12(11(4)19-8)10(3)16-6-5-13(17)15-9(2)14(16)18/h7,9-10H,5-6H2,1-4H3,(H,15,17). The Hall–Kier alpha value is -1.78. The normalized spacial score (nSPS) is 22.1. The first kappa shape index (κ1) is 13.6. The molecule has 0 aliphatic carbocycles. The Balaban J connectivity index is 2.26. The topological polar surface area (TPSA) is 62.6 Å². The summed E-state index contributed by atoms with van der Waals surface area (Å²) in [5, 5.41) is 2.69. The average Bonchev–Trinajstić information content (AvgIpc) is 2.61. The van der Waals surface area contributed by atoms with Crippen molar-refractivity contribution in [3.63, 3.8) is 0 Å². The largest absolute Gasteiger partial charge is 0.466 e. The van der Waals surface area contributed by atoms with Crippen LogP contribution in [0.15, 0.2) is 10.5 Å². The molecule has 2 atom stereocenters. The summed E-state index contributed by atoms with van der Waals surface area (Å²) in [6, 6.07) is 1.41. The van der Waals surface area contributed by atoms with E-state index in [2.05, 4.69) is 5.32 Å². The minimum atomic E-state index is -0.467. The molecule has 1 aromatic rings. The summed E-state index contributed by atoms with van der Waals surface area (Å²) in [6.07, 6.45) is 0.344. The van der Waals surface area contributed by atoms with Crippen molar-refractivity contribution in [3.8, 4) is 0 Å². The molecule has 5 nitrogen and oxygen atoms in total. The van der Waals surface area contributed by atoms with Gasteiger partial charge >= 0.3 is 0 Å². The molecule has 0 aromatic carbocycles. The molecule has 2 amide bonds. The van der Waals surface area contributed by atoms with Crippen LogP contribution in [-0.4, -0.2) is 29.3 Å². The molecule has 0 bridgehead atoms. The van der Waals surface area contributed by atoms with Crippen LogP contribution in [0.25, 0.3) is 0 Å². The third-order valence-electron chi connectivity index (χ3n) is 3.61. The van der Waals surface area contributed by atoms with Gasteiger partial charge in [0.2, 0.25) is 11.8 Å². The third-order valence-corrected chi connectivity index (χ3v) is 3.61. The van der Waals surface area contributed by atoms with Crippen molar-refractivity contribution in [1.82, 2.24) is 10.2 Å². The number of nitrogens with one attached hydrogen (secondary N) is 1. The second-order valence-electron chi connectivity index (χ2n) is 5.12. The molecule has 1 aliphatic heterocycles. The second kappa shape index (κ2) is 5.07. The maximum Gasteiger partial charge on any atom is 0.245 e. The van der Waals surface area contributed by atoms with Crippen LogP contribution < -0.4 is 5.32 Å². The molecule has 2 heterocycles. The van der Waals surface area contributed by atoms with Crippen molar-refractivity contribution in [2.45, 2.75) is 46.2 Å². The molecule has 0 radical (unpaired) electrons. The Morgan fingerprint density at radius 1 is 1.42 bits per heavy atom. The molecule has 1 saturated heterocycles. The van der Waals surface area contributed by atoms with Crippen molar-refractivity contribution in [1.29, 1.82) is 0 Å². The molecule has 1 N–H and O–H groups in total. The highest BCUT2D eigenvalue weighted by Crippen LogP contribution is 2.27. The van der Waals surface area contributed by atoms with E-state index in [0.29, 0.717) is 13.0 Å². The van der Waals surface area contributed by atoms with E-state index < -0.39 is 6.04 Å². The summed E-state index contributed by atoms with van der Waals surface area (Å²) in [5.74, 6) is 1.55. The lowest BCUT2D eigenvalue weighted by atomic mass is 10.1. The number of carbonyl (C=O) groups excluding carboxylic acids is 2. The SMILES string of the molecule is Cc1cc(C(C)N2CCC(=O)NC(C)C2=O)c(C)o1. The smallest absolute Gasteiger partial charge is 0.245 e. The number of furan rings is 1. The summed E-state index contributed by atoms with van der Waals surface area (Å²) in [7, 11) is 0. The van der Waals surface area contributed by atoms with Gasteiger partial charge in [-0.25, -0.2) is 0 Å². The van der Waals surface area contributed by atoms with Gasteiger partial charge in [-0.2, -0.15) is 0 Å². The van der Waals surface area contributed by atoms with Gasteiger partial charge in [0.1, 0.15) is 17.6 Å². The first-order valence-corrected chi connectivity index (χ1v) is 6.57. The fraction of sp³-hybridized carbons (Fsp3) is 0.571. The van der Waals surface area contributed by atoms with Crippen LogP contribution in [-0.2, 0) is 9.59 Å². The second-order valence-corrected chi connectivity index (χ2v) is 5.12. The van der Waals surface area contributed by atoms with Crippen LogP contribution in [0.5, 0.6) is 0 Å². The Morgan fingerprint density at radius 2 is 2.11 bits per heavy atom. The van der Waals surface area contributed by atoms with Crippen molar-refractivity contribution in [3.05, 3.63) is 23.2 Å². The molecule has 2 rings (SSSR count). The summed E-state index contributed by atoms with van der Waals surface area (Å²) in [6.45, 7) is 7.92. The van der Waals surface area contributed by atoms with Gasteiger partial charge in [0.15, 0.2) is 0 Å². The van der Waals surface area contributed by atoms with Gasteiger partial charge in [0.05, 0.1) is 6.04 Å². The number of nitrogens with zero attached hydrogens (tertiary/aromatic N) is 1. The predicted molar refractivity (Wildman–Crippen MR) is 70.5 cm³/mol. The van der Waals surface area contributed by atoms with Crippen molar-refractivity contribution >= 4 is 11.8 Å². The van der Waals surface area contributed by atoms with Crippen molar-refractivity contribution < 1.29 is 14.0 Å². The Kier molecular flexibility index (Phi) is 3.64. The van der Waals surface area contributed by atoms with E-state index in [1.807, 2.05) is 26.8 Å². The summed E-state index contributed by atoms with van der Waals surface area (Å²) >= 11 is 0. The van der Waals surface area contributed by atoms with E-state index in [0.717, 1.165) is 17.1 Å². The van der Waals surface area contributed by atoms with E-state index in [-0.39, 0.29) is 17.9 Å². The summed E-state index contributed by atoms with van der Waals surface area (Å²) < 4.78 is 5.52. The van der Waals surface area contributed by atoms with Crippen LogP contribution in [0.1, 0.15) is 43.4 Å². The first-order chi connectivity index (χ1) is 8.90. The number of carbonyl (C=O) groups is 2.